The summed E-state index contributed by atoms with van der Waals surface area (Å²) in [7, 11) is 0. The van der Waals surface area contributed by atoms with E-state index in [-0.39, 0.29) is 18.5 Å². The first-order chi connectivity index (χ1) is 12.5. The zero-order chi connectivity index (χ0) is 18.7. The summed E-state index contributed by atoms with van der Waals surface area (Å²) in [6.07, 6.45) is 4.27. The molecule has 0 bridgehead atoms. The molecule has 0 radical (unpaired) electrons. The van der Waals surface area contributed by atoms with Gasteiger partial charge in [0, 0.05) is 37.7 Å². The molecule has 0 saturated carbocycles. The van der Waals surface area contributed by atoms with Crippen LogP contribution >= 0.6 is 0 Å². The third-order valence-corrected chi connectivity index (χ3v) is 5.44. The number of carboxylic acids is 1. The average molecular weight is 363 g/mol. The number of likely N-dealkylation sites (tertiary alicyclic amines) is 2. The number of aliphatic carboxylic acids is 1. The number of nitrogens with zero attached hydrogens (tertiary/aromatic N) is 2. The van der Waals surface area contributed by atoms with Crippen LogP contribution < -0.4 is 5.73 Å². The molecule has 26 heavy (non-hydrogen) atoms. The highest BCUT2D eigenvalue weighted by Crippen LogP contribution is 2.24. The van der Waals surface area contributed by atoms with Crippen molar-refractivity contribution in [2.45, 2.75) is 51.6 Å². The molecule has 3 N–H and O–H groups in total. The van der Waals surface area contributed by atoms with Gasteiger partial charge in [-0.1, -0.05) is 6.92 Å². The van der Waals surface area contributed by atoms with Crippen molar-refractivity contribution in [3.05, 3.63) is 23.2 Å². The molecule has 0 spiro atoms. The molecule has 2 saturated heterocycles. The van der Waals surface area contributed by atoms with Crippen molar-refractivity contribution in [2.75, 3.05) is 26.2 Å². The monoisotopic (exact) mass is 363 g/mol. The topological polar surface area (TPSA) is 100 Å². The normalized spacial score (nSPS) is 24.6. The molecule has 0 aliphatic carbocycles. The number of carbonyl (C=O) groups is 2. The summed E-state index contributed by atoms with van der Waals surface area (Å²) in [6.45, 7) is 5.54. The summed E-state index contributed by atoms with van der Waals surface area (Å²) in [5.41, 5.74) is 7.11. The first kappa shape index (κ1) is 18.9. The molecular weight excluding hydrogens is 334 g/mol. The SMILES string of the molecule is CCc1oc(C(=O)N2C[C@H](N)CC[C@H](C(=O)O)C2)cc1CN1CCCC1. The van der Waals surface area contributed by atoms with Crippen molar-refractivity contribution >= 4 is 11.9 Å². The first-order valence-electron chi connectivity index (χ1n) is 9.59. The molecule has 0 unspecified atom stereocenters. The van der Waals surface area contributed by atoms with Gasteiger partial charge in [0.2, 0.25) is 0 Å². The molecule has 3 heterocycles. The van der Waals surface area contributed by atoms with Crippen LogP contribution in [0.3, 0.4) is 0 Å². The first-order valence-corrected chi connectivity index (χ1v) is 9.59. The molecule has 3 rings (SSSR count). The molecule has 1 aromatic rings. The number of rotatable bonds is 5. The van der Waals surface area contributed by atoms with Crippen LogP contribution in [0.1, 0.15) is 54.5 Å². The van der Waals surface area contributed by atoms with E-state index in [0.717, 1.165) is 37.4 Å². The maximum Gasteiger partial charge on any atom is 0.308 e. The van der Waals surface area contributed by atoms with Crippen molar-refractivity contribution in [1.82, 2.24) is 9.80 Å². The van der Waals surface area contributed by atoms with Gasteiger partial charge in [0.25, 0.3) is 5.91 Å². The number of amides is 1. The summed E-state index contributed by atoms with van der Waals surface area (Å²) in [5, 5.41) is 9.36. The number of carboxylic acid groups (broad SMARTS) is 1. The number of hydrogen-bond acceptors (Lipinski definition) is 5. The maximum absolute atomic E-state index is 13.0. The highest BCUT2D eigenvalue weighted by molar-refractivity contribution is 5.92. The van der Waals surface area contributed by atoms with Crippen molar-refractivity contribution < 1.29 is 19.1 Å². The minimum absolute atomic E-state index is 0.186. The number of aryl methyl sites for hydroxylation is 1. The summed E-state index contributed by atoms with van der Waals surface area (Å²) >= 11 is 0. The second-order valence-electron chi connectivity index (χ2n) is 7.48. The Balaban J connectivity index is 1.77. The van der Waals surface area contributed by atoms with Crippen LogP contribution in [-0.4, -0.2) is 59.0 Å². The number of furan rings is 1. The van der Waals surface area contributed by atoms with Gasteiger partial charge >= 0.3 is 5.97 Å². The predicted octanol–water partition coefficient (Wildman–Crippen LogP) is 1.70. The van der Waals surface area contributed by atoms with Crippen molar-refractivity contribution in [3.63, 3.8) is 0 Å². The van der Waals surface area contributed by atoms with Gasteiger partial charge in [-0.05, 0) is 44.8 Å². The van der Waals surface area contributed by atoms with E-state index in [2.05, 4.69) is 4.90 Å². The smallest absolute Gasteiger partial charge is 0.308 e. The van der Waals surface area contributed by atoms with Crippen LogP contribution in [0.2, 0.25) is 0 Å². The zero-order valence-electron chi connectivity index (χ0n) is 15.4. The molecule has 7 nitrogen and oxygen atoms in total. The highest BCUT2D eigenvalue weighted by atomic mass is 16.4. The van der Waals surface area contributed by atoms with Crippen LogP contribution in [0.15, 0.2) is 10.5 Å². The summed E-state index contributed by atoms with van der Waals surface area (Å²) < 4.78 is 5.85. The third-order valence-electron chi connectivity index (χ3n) is 5.44. The second-order valence-corrected chi connectivity index (χ2v) is 7.48. The number of carbonyl (C=O) groups excluding carboxylic acids is 1. The van der Waals surface area contributed by atoms with Gasteiger partial charge in [0.05, 0.1) is 5.92 Å². The Kier molecular flexibility index (Phi) is 5.98. The minimum Gasteiger partial charge on any atom is -0.481 e. The van der Waals surface area contributed by atoms with Gasteiger partial charge in [-0.15, -0.1) is 0 Å². The second kappa shape index (κ2) is 8.22. The molecule has 144 valence electrons. The van der Waals surface area contributed by atoms with E-state index in [9.17, 15) is 14.7 Å². The fraction of sp³-hybridized carbons (Fsp3) is 0.684. The Morgan fingerprint density at radius 3 is 2.65 bits per heavy atom. The molecule has 2 atom stereocenters. The van der Waals surface area contributed by atoms with E-state index in [4.69, 9.17) is 10.2 Å². The van der Waals surface area contributed by atoms with Crippen LogP contribution in [0.5, 0.6) is 0 Å². The van der Waals surface area contributed by atoms with Crippen molar-refractivity contribution in [3.8, 4) is 0 Å². The summed E-state index contributed by atoms with van der Waals surface area (Å²) in [4.78, 5) is 28.3. The van der Waals surface area contributed by atoms with E-state index in [1.165, 1.54) is 12.8 Å². The van der Waals surface area contributed by atoms with E-state index in [1.54, 1.807) is 4.90 Å². The van der Waals surface area contributed by atoms with E-state index >= 15 is 0 Å². The molecule has 1 aromatic heterocycles. The molecular formula is C19H29N3O4. The molecule has 7 heteroatoms. The lowest BCUT2D eigenvalue weighted by Crippen LogP contribution is -2.41. The Labute approximate surface area is 154 Å². The lowest BCUT2D eigenvalue weighted by molar-refractivity contribution is -0.142. The van der Waals surface area contributed by atoms with Gasteiger partial charge in [-0.2, -0.15) is 0 Å². The summed E-state index contributed by atoms with van der Waals surface area (Å²) in [5.74, 6) is -0.558. The fourth-order valence-electron chi connectivity index (χ4n) is 3.93. The predicted molar refractivity (Wildman–Crippen MR) is 96.8 cm³/mol. The summed E-state index contributed by atoms with van der Waals surface area (Å²) in [6, 6.07) is 1.64. The zero-order valence-corrected chi connectivity index (χ0v) is 15.4. The highest BCUT2D eigenvalue weighted by Gasteiger charge is 2.31. The Bertz CT molecular complexity index is 651. The Hall–Kier alpha value is -1.86. The minimum atomic E-state index is -0.875. The van der Waals surface area contributed by atoms with Gasteiger partial charge in [-0.3, -0.25) is 14.5 Å². The maximum atomic E-state index is 13.0. The van der Waals surface area contributed by atoms with Gasteiger partial charge in [0.1, 0.15) is 5.76 Å². The van der Waals surface area contributed by atoms with E-state index in [0.29, 0.717) is 25.1 Å². The molecule has 2 aliphatic heterocycles. The fourth-order valence-corrected chi connectivity index (χ4v) is 3.93. The Morgan fingerprint density at radius 1 is 1.27 bits per heavy atom. The Morgan fingerprint density at radius 2 is 2.00 bits per heavy atom. The number of nitrogens with two attached hydrogens (primary N) is 1. The standard InChI is InChI=1S/C19H29N3O4/c1-2-16-14(10-21-7-3-4-8-21)9-17(26-16)18(23)22-11-13(19(24)25)5-6-15(20)12-22/h9,13,15H,2-8,10-12,20H2,1H3,(H,24,25)/t13-,15+/m0/s1. The third kappa shape index (κ3) is 4.27. The van der Waals surface area contributed by atoms with Gasteiger partial charge in [0.15, 0.2) is 5.76 Å². The number of hydrogen-bond donors (Lipinski definition) is 2. The van der Waals surface area contributed by atoms with Crippen molar-refractivity contribution in [2.24, 2.45) is 11.7 Å². The lowest BCUT2D eigenvalue weighted by atomic mass is 10.0. The lowest BCUT2D eigenvalue weighted by Gasteiger charge is -2.23. The van der Waals surface area contributed by atoms with Crippen LogP contribution in [0.25, 0.3) is 0 Å². The van der Waals surface area contributed by atoms with Gasteiger partial charge in [-0.25, -0.2) is 0 Å². The molecule has 1 amide bonds. The van der Waals surface area contributed by atoms with E-state index in [1.807, 2.05) is 13.0 Å². The molecule has 0 aromatic carbocycles. The average Bonchev–Trinajstić information content (AvgIpc) is 3.22. The van der Waals surface area contributed by atoms with Crippen LogP contribution in [-0.2, 0) is 17.8 Å². The molecule has 2 aliphatic rings. The van der Waals surface area contributed by atoms with Gasteiger partial charge < -0.3 is 20.2 Å². The van der Waals surface area contributed by atoms with Crippen molar-refractivity contribution in [1.29, 1.82) is 0 Å². The van der Waals surface area contributed by atoms with Crippen LogP contribution in [0, 0.1) is 5.92 Å². The molecule has 2 fully saturated rings. The quantitative estimate of drug-likeness (QED) is 0.826. The van der Waals surface area contributed by atoms with E-state index < -0.39 is 11.9 Å². The largest absolute Gasteiger partial charge is 0.481 e. The van der Waals surface area contributed by atoms with Crippen LogP contribution in [0.4, 0.5) is 0 Å².